The van der Waals surface area contributed by atoms with Gasteiger partial charge in [-0.1, -0.05) is 12.1 Å². The number of hydrogen-bond acceptors (Lipinski definition) is 5. The molecule has 120 valence electrons. The minimum atomic E-state index is -2.87. The van der Waals surface area contributed by atoms with E-state index in [9.17, 15) is 8.42 Å². The third kappa shape index (κ3) is 5.76. The van der Waals surface area contributed by atoms with E-state index in [1.165, 1.54) is 11.8 Å². The lowest BCUT2D eigenvalue weighted by Gasteiger charge is -2.32. The van der Waals surface area contributed by atoms with Crippen molar-refractivity contribution >= 4 is 9.84 Å². The van der Waals surface area contributed by atoms with Crippen molar-refractivity contribution in [1.82, 2.24) is 10.2 Å². The van der Waals surface area contributed by atoms with Gasteiger partial charge in [-0.3, -0.25) is 0 Å². The summed E-state index contributed by atoms with van der Waals surface area (Å²) in [6.45, 7) is 3.34. The first kappa shape index (κ1) is 16.9. The van der Waals surface area contributed by atoms with Crippen molar-refractivity contribution in [3.63, 3.8) is 0 Å². The zero-order chi connectivity index (χ0) is 16.0. The van der Waals surface area contributed by atoms with Crippen molar-refractivity contribution in [1.29, 1.82) is 5.26 Å². The average molecular weight is 321 g/mol. The molecule has 0 aliphatic carbocycles. The van der Waals surface area contributed by atoms with Crippen LogP contribution in [0.2, 0.25) is 0 Å². The van der Waals surface area contributed by atoms with Gasteiger partial charge in [0.05, 0.1) is 17.4 Å². The van der Waals surface area contributed by atoms with Crippen molar-refractivity contribution in [2.45, 2.75) is 25.4 Å². The predicted molar refractivity (Wildman–Crippen MR) is 87.2 cm³/mol. The molecule has 0 spiro atoms. The van der Waals surface area contributed by atoms with Gasteiger partial charge in [0.1, 0.15) is 9.84 Å². The fourth-order valence-electron chi connectivity index (χ4n) is 2.61. The summed E-state index contributed by atoms with van der Waals surface area (Å²) in [7, 11) is -2.87. The monoisotopic (exact) mass is 321 g/mol. The van der Waals surface area contributed by atoms with Crippen LogP contribution in [0.25, 0.3) is 0 Å². The minimum Gasteiger partial charge on any atom is -0.310 e. The second-order valence-electron chi connectivity index (χ2n) is 5.94. The Labute approximate surface area is 132 Å². The highest BCUT2D eigenvalue weighted by Crippen LogP contribution is 2.11. The maximum atomic E-state index is 11.2. The molecule has 0 aromatic heterocycles. The fourth-order valence-corrected chi connectivity index (χ4v) is 3.20. The van der Waals surface area contributed by atoms with Crippen LogP contribution in [0.3, 0.4) is 0 Å². The predicted octanol–water partition coefficient (Wildman–Crippen LogP) is 1.16. The summed E-state index contributed by atoms with van der Waals surface area (Å²) in [5.41, 5.74) is 1.86. The number of hydrogen-bond donors (Lipinski definition) is 1. The van der Waals surface area contributed by atoms with Crippen molar-refractivity contribution in [3.8, 4) is 6.07 Å². The van der Waals surface area contributed by atoms with Gasteiger partial charge >= 0.3 is 0 Å². The van der Waals surface area contributed by atoms with Crippen molar-refractivity contribution in [3.05, 3.63) is 35.4 Å². The molecular formula is C16H23N3O2S. The lowest BCUT2D eigenvalue weighted by molar-refractivity contribution is 0.206. The van der Waals surface area contributed by atoms with Gasteiger partial charge in [-0.15, -0.1) is 0 Å². The molecule has 22 heavy (non-hydrogen) atoms. The number of rotatable bonds is 6. The summed E-state index contributed by atoms with van der Waals surface area (Å²) in [5.74, 6) is 0.246. The van der Waals surface area contributed by atoms with E-state index >= 15 is 0 Å². The smallest absolute Gasteiger partial charge is 0.148 e. The second-order valence-corrected chi connectivity index (χ2v) is 8.20. The maximum Gasteiger partial charge on any atom is 0.148 e. The number of likely N-dealkylation sites (tertiary alicyclic amines) is 1. The van der Waals surface area contributed by atoms with Gasteiger partial charge in [0, 0.05) is 25.4 Å². The van der Waals surface area contributed by atoms with Crippen molar-refractivity contribution in [2.24, 2.45) is 0 Å². The van der Waals surface area contributed by atoms with E-state index in [-0.39, 0.29) is 5.75 Å². The number of nitriles is 1. The molecule has 1 heterocycles. The Morgan fingerprint density at radius 2 is 1.91 bits per heavy atom. The average Bonchev–Trinajstić information content (AvgIpc) is 2.52. The highest BCUT2D eigenvalue weighted by atomic mass is 32.2. The Balaban J connectivity index is 1.70. The zero-order valence-corrected chi connectivity index (χ0v) is 13.8. The first-order chi connectivity index (χ1) is 10.5. The zero-order valence-electron chi connectivity index (χ0n) is 13.0. The molecule has 0 atom stereocenters. The quantitative estimate of drug-likeness (QED) is 0.851. The molecule has 0 amide bonds. The summed E-state index contributed by atoms with van der Waals surface area (Å²) in [6, 6.07) is 10.2. The molecule has 1 fully saturated rings. The third-order valence-corrected chi connectivity index (χ3v) is 4.97. The standard InChI is InChI=1S/C16H23N3O2S/c1-22(20,21)11-10-19-8-6-16(7-9-19)18-13-15-4-2-14(12-17)3-5-15/h2-5,16,18H,6-11,13H2,1H3. The molecular weight excluding hydrogens is 298 g/mol. The molecule has 1 N–H and O–H groups in total. The van der Waals surface area contributed by atoms with Gasteiger partial charge in [0.2, 0.25) is 0 Å². The molecule has 1 saturated heterocycles. The largest absolute Gasteiger partial charge is 0.310 e. The van der Waals surface area contributed by atoms with E-state index in [1.54, 1.807) is 0 Å². The van der Waals surface area contributed by atoms with Crippen LogP contribution in [-0.2, 0) is 16.4 Å². The Bertz CT molecular complexity index is 612. The van der Waals surface area contributed by atoms with Crippen LogP contribution in [0, 0.1) is 11.3 Å². The number of sulfone groups is 1. The number of nitrogens with one attached hydrogen (secondary N) is 1. The van der Waals surface area contributed by atoms with E-state index in [0.717, 1.165) is 32.5 Å². The number of piperidine rings is 1. The maximum absolute atomic E-state index is 11.2. The lowest BCUT2D eigenvalue weighted by atomic mass is 10.0. The number of benzene rings is 1. The van der Waals surface area contributed by atoms with Crippen molar-refractivity contribution in [2.75, 3.05) is 31.6 Å². The molecule has 0 saturated carbocycles. The van der Waals surface area contributed by atoms with E-state index in [1.807, 2.05) is 24.3 Å². The normalized spacial score (nSPS) is 17.3. The van der Waals surface area contributed by atoms with Gasteiger partial charge in [-0.05, 0) is 43.6 Å². The Kier molecular flexibility index (Phi) is 5.95. The molecule has 1 aromatic rings. The van der Waals surface area contributed by atoms with Gasteiger partial charge in [-0.25, -0.2) is 8.42 Å². The lowest BCUT2D eigenvalue weighted by Crippen LogP contribution is -2.43. The van der Waals surface area contributed by atoms with Crippen LogP contribution in [0.1, 0.15) is 24.0 Å². The summed E-state index contributed by atoms with van der Waals surface area (Å²) in [4.78, 5) is 2.22. The third-order valence-electron chi connectivity index (χ3n) is 4.04. The molecule has 1 aromatic carbocycles. The highest BCUT2D eigenvalue weighted by Gasteiger charge is 2.19. The van der Waals surface area contributed by atoms with E-state index in [0.29, 0.717) is 18.2 Å². The number of nitrogens with zero attached hydrogens (tertiary/aromatic N) is 2. The molecule has 0 bridgehead atoms. The summed E-state index contributed by atoms with van der Waals surface area (Å²) in [6.07, 6.45) is 3.37. The topological polar surface area (TPSA) is 73.2 Å². The Hall–Kier alpha value is -1.42. The summed E-state index contributed by atoms with van der Waals surface area (Å²) >= 11 is 0. The van der Waals surface area contributed by atoms with E-state index in [2.05, 4.69) is 16.3 Å². The Morgan fingerprint density at radius 1 is 1.27 bits per heavy atom. The fraction of sp³-hybridized carbons (Fsp3) is 0.562. The summed E-state index contributed by atoms with van der Waals surface area (Å²) < 4.78 is 22.4. The molecule has 0 radical (unpaired) electrons. The SMILES string of the molecule is CS(=O)(=O)CCN1CCC(NCc2ccc(C#N)cc2)CC1. The minimum absolute atomic E-state index is 0.246. The second kappa shape index (κ2) is 7.73. The molecule has 1 aliphatic rings. The van der Waals surface area contributed by atoms with Gasteiger partial charge in [0.25, 0.3) is 0 Å². The van der Waals surface area contributed by atoms with E-state index < -0.39 is 9.84 Å². The molecule has 2 rings (SSSR count). The van der Waals surface area contributed by atoms with Crippen LogP contribution in [0.5, 0.6) is 0 Å². The van der Waals surface area contributed by atoms with Crippen LogP contribution in [0.15, 0.2) is 24.3 Å². The van der Waals surface area contributed by atoms with Crippen molar-refractivity contribution < 1.29 is 8.42 Å². The van der Waals surface area contributed by atoms with E-state index in [4.69, 9.17) is 5.26 Å². The molecule has 0 unspecified atom stereocenters. The van der Waals surface area contributed by atoms with Gasteiger partial charge in [-0.2, -0.15) is 5.26 Å². The van der Waals surface area contributed by atoms with Crippen LogP contribution >= 0.6 is 0 Å². The summed E-state index contributed by atoms with van der Waals surface area (Å²) in [5, 5.41) is 12.3. The van der Waals surface area contributed by atoms with Crippen LogP contribution < -0.4 is 5.32 Å². The molecule has 6 heteroatoms. The van der Waals surface area contributed by atoms with Crippen LogP contribution in [0.4, 0.5) is 0 Å². The van der Waals surface area contributed by atoms with Gasteiger partial charge in [0.15, 0.2) is 0 Å². The molecule has 1 aliphatic heterocycles. The first-order valence-electron chi connectivity index (χ1n) is 7.59. The van der Waals surface area contributed by atoms with Gasteiger partial charge < -0.3 is 10.2 Å². The van der Waals surface area contributed by atoms with Crippen LogP contribution in [-0.4, -0.2) is 51.0 Å². The highest BCUT2D eigenvalue weighted by molar-refractivity contribution is 7.90. The first-order valence-corrected chi connectivity index (χ1v) is 9.65. The molecule has 5 nitrogen and oxygen atoms in total. The Morgan fingerprint density at radius 3 is 2.45 bits per heavy atom.